The second-order valence-corrected chi connectivity index (χ2v) is 4.44. The summed E-state index contributed by atoms with van der Waals surface area (Å²) in [5.74, 6) is 1.11. The molecule has 6 heteroatoms. The van der Waals surface area contributed by atoms with E-state index < -0.39 is 0 Å². The summed E-state index contributed by atoms with van der Waals surface area (Å²) in [5, 5.41) is 3.67. The van der Waals surface area contributed by atoms with Gasteiger partial charge < -0.3 is 10.1 Å². The molecule has 0 amide bonds. The Kier molecular flexibility index (Phi) is 5.28. The molecule has 1 rings (SSSR count). The molecule has 0 aliphatic carbocycles. The van der Waals surface area contributed by atoms with Gasteiger partial charge in [0.05, 0.1) is 24.4 Å². The fourth-order valence-electron chi connectivity index (χ4n) is 1.09. The number of aromatic nitrogens is 2. The lowest BCUT2D eigenvalue weighted by atomic mass is 10.1. The molecule has 0 aromatic carbocycles. The van der Waals surface area contributed by atoms with Gasteiger partial charge in [-0.05, 0) is 12.8 Å². The molecular weight excluding hydrogens is 234 g/mol. The van der Waals surface area contributed by atoms with Crippen molar-refractivity contribution in [3.8, 4) is 0 Å². The van der Waals surface area contributed by atoms with Gasteiger partial charge in [0.25, 0.3) is 0 Å². The predicted octanol–water partition coefficient (Wildman–Crippen LogP) is 2.66. The van der Waals surface area contributed by atoms with Crippen LogP contribution in [-0.2, 0) is 4.74 Å². The van der Waals surface area contributed by atoms with Gasteiger partial charge in [0.1, 0.15) is 0 Å². The largest absolute Gasteiger partial charge is 0.380 e. The molecule has 1 aromatic heterocycles. The van der Waals surface area contributed by atoms with Crippen molar-refractivity contribution in [2.75, 3.05) is 18.5 Å². The van der Waals surface area contributed by atoms with Crippen molar-refractivity contribution in [1.82, 2.24) is 8.75 Å². The summed E-state index contributed by atoms with van der Waals surface area (Å²) in [5.41, 5.74) is 0. The van der Waals surface area contributed by atoms with Crippen molar-refractivity contribution in [1.29, 1.82) is 0 Å². The Hall–Kier alpha value is -0.390. The average Bonchev–Trinajstić information content (AvgIpc) is 2.58. The van der Waals surface area contributed by atoms with Crippen LogP contribution in [0, 0.1) is 5.92 Å². The minimum Gasteiger partial charge on any atom is -0.380 e. The van der Waals surface area contributed by atoms with E-state index in [-0.39, 0.29) is 6.04 Å². The number of nitrogens with zero attached hydrogens (tertiary/aromatic N) is 2. The van der Waals surface area contributed by atoms with Gasteiger partial charge in [-0.2, -0.15) is 8.75 Å². The minimum absolute atomic E-state index is 0.214. The number of ether oxygens (including phenoxy) is 1. The first-order chi connectivity index (χ1) is 7.15. The zero-order valence-corrected chi connectivity index (χ0v) is 10.7. The molecule has 86 valence electrons. The molecule has 0 fully saturated rings. The van der Waals surface area contributed by atoms with Crippen molar-refractivity contribution >= 4 is 29.1 Å². The summed E-state index contributed by atoms with van der Waals surface area (Å²) >= 11 is 6.96. The summed E-state index contributed by atoms with van der Waals surface area (Å²) in [4.78, 5) is 0. The molecule has 0 saturated carbocycles. The maximum absolute atomic E-state index is 5.86. The van der Waals surface area contributed by atoms with Crippen LogP contribution in [-0.4, -0.2) is 28.0 Å². The second kappa shape index (κ2) is 6.25. The molecule has 1 N–H and O–H groups in total. The highest BCUT2D eigenvalue weighted by Crippen LogP contribution is 2.20. The van der Waals surface area contributed by atoms with Gasteiger partial charge in [-0.25, -0.2) is 0 Å². The summed E-state index contributed by atoms with van der Waals surface area (Å²) in [7, 11) is 0. The third-order valence-corrected chi connectivity index (χ3v) is 2.97. The normalized spacial score (nSPS) is 13.1. The zero-order chi connectivity index (χ0) is 11.3. The Morgan fingerprint density at radius 1 is 1.47 bits per heavy atom. The summed E-state index contributed by atoms with van der Waals surface area (Å²) in [6.45, 7) is 7.61. The van der Waals surface area contributed by atoms with Crippen molar-refractivity contribution in [3.63, 3.8) is 0 Å². The fourth-order valence-corrected chi connectivity index (χ4v) is 1.74. The van der Waals surface area contributed by atoms with Crippen LogP contribution in [0.4, 0.5) is 5.82 Å². The van der Waals surface area contributed by atoms with Gasteiger partial charge >= 0.3 is 0 Å². The topological polar surface area (TPSA) is 47.0 Å². The summed E-state index contributed by atoms with van der Waals surface area (Å²) < 4.78 is 13.4. The van der Waals surface area contributed by atoms with Crippen molar-refractivity contribution < 1.29 is 4.74 Å². The standard InChI is InChI=1S/C9H16ClN3OS/c1-4-14-5-7(6(2)3)11-9-8(10)12-15-13-9/h6-7H,4-5H2,1-3H3,(H,11,13). The average molecular weight is 250 g/mol. The van der Waals surface area contributed by atoms with E-state index in [1.807, 2.05) is 6.92 Å². The van der Waals surface area contributed by atoms with E-state index in [4.69, 9.17) is 16.3 Å². The molecule has 0 aliphatic rings. The van der Waals surface area contributed by atoms with Crippen molar-refractivity contribution in [2.24, 2.45) is 5.92 Å². The van der Waals surface area contributed by atoms with Gasteiger partial charge in [0.15, 0.2) is 11.0 Å². The van der Waals surface area contributed by atoms with Gasteiger partial charge in [-0.1, -0.05) is 25.4 Å². The Morgan fingerprint density at radius 3 is 2.67 bits per heavy atom. The molecule has 0 bridgehead atoms. The monoisotopic (exact) mass is 249 g/mol. The van der Waals surface area contributed by atoms with Gasteiger partial charge in [-0.15, -0.1) is 0 Å². The highest BCUT2D eigenvalue weighted by atomic mass is 35.5. The fraction of sp³-hybridized carbons (Fsp3) is 0.778. The highest BCUT2D eigenvalue weighted by Gasteiger charge is 2.16. The van der Waals surface area contributed by atoms with E-state index in [0.717, 1.165) is 11.7 Å². The maximum Gasteiger partial charge on any atom is 0.186 e. The molecule has 0 saturated heterocycles. The van der Waals surface area contributed by atoms with Crippen LogP contribution < -0.4 is 5.32 Å². The molecule has 0 aliphatic heterocycles. The minimum atomic E-state index is 0.214. The first kappa shape index (κ1) is 12.7. The molecule has 1 unspecified atom stereocenters. The lowest BCUT2D eigenvalue weighted by Crippen LogP contribution is -2.31. The third-order valence-electron chi connectivity index (χ3n) is 2.08. The van der Waals surface area contributed by atoms with Crippen LogP contribution in [0.1, 0.15) is 20.8 Å². The highest BCUT2D eigenvalue weighted by molar-refractivity contribution is 6.99. The Labute approximate surface area is 99.3 Å². The Bertz CT molecular complexity index is 293. The number of hydrogen-bond acceptors (Lipinski definition) is 5. The molecule has 0 spiro atoms. The van der Waals surface area contributed by atoms with Crippen molar-refractivity contribution in [3.05, 3.63) is 5.15 Å². The molecule has 1 aromatic rings. The van der Waals surface area contributed by atoms with Gasteiger partial charge in [0.2, 0.25) is 0 Å². The van der Waals surface area contributed by atoms with Gasteiger partial charge in [-0.3, -0.25) is 0 Å². The van der Waals surface area contributed by atoms with Crippen molar-refractivity contribution in [2.45, 2.75) is 26.8 Å². The Morgan fingerprint density at radius 2 is 2.20 bits per heavy atom. The molecule has 4 nitrogen and oxygen atoms in total. The Balaban J connectivity index is 2.54. The van der Waals surface area contributed by atoms with E-state index >= 15 is 0 Å². The van der Waals surface area contributed by atoms with Gasteiger partial charge in [0, 0.05) is 6.61 Å². The van der Waals surface area contributed by atoms with Crippen LogP contribution >= 0.6 is 23.3 Å². The smallest absolute Gasteiger partial charge is 0.186 e. The molecule has 1 atom stereocenters. The van der Waals surface area contributed by atoms with E-state index in [2.05, 4.69) is 27.9 Å². The second-order valence-electron chi connectivity index (χ2n) is 3.56. The lowest BCUT2D eigenvalue weighted by molar-refractivity contribution is 0.126. The van der Waals surface area contributed by atoms with Crippen LogP contribution in [0.15, 0.2) is 0 Å². The number of halogens is 1. The quantitative estimate of drug-likeness (QED) is 0.842. The SMILES string of the molecule is CCOCC(Nc1nsnc1Cl)C(C)C. The number of hydrogen-bond donors (Lipinski definition) is 1. The molecule has 0 radical (unpaired) electrons. The summed E-state index contributed by atoms with van der Waals surface area (Å²) in [6, 6.07) is 0.214. The predicted molar refractivity (Wildman–Crippen MR) is 63.7 cm³/mol. The van der Waals surface area contributed by atoms with E-state index in [1.54, 1.807) is 0 Å². The van der Waals surface area contributed by atoms with E-state index in [9.17, 15) is 0 Å². The number of rotatable bonds is 6. The maximum atomic E-state index is 5.86. The molecular formula is C9H16ClN3OS. The van der Waals surface area contributed by atoms with E-state index in [1.165, 1.54) is 0 Å². The first-order valence-corrected chi connectivity index (χ1v) is 6.08. The summed E-state index contributed by atoms with van der Waals surface area (Å²) in [6.07, 6.45) is 0. The zero-order valence-electron chi connectivity index (χ0n) is 9.16. The lowest BCUT2D eigenvalue weighted by Gasteiger charge is -2.21. The molecule has 1 heterocycles. The molecule has 15 heavy (non-hydrogen) atoms. The van der Waals surface area contributed by atoms with Crippen LogP contribution in [0.5, 0.6) is 0 Å². The first-order valence-electron chi connectivity index (χ1n) is 4.97. The third kappa shape index (κ3) is 3.93. The van der Waals surface area contributed by atoms with Crippen LogP contribution in [0.2, 0.25) is 5.15 Å². The van der Waals surface area contributed by atoms with Crippen LogP contribution in [0.25, 0.3) is 0 Å². The van der Waals surface area contributed by atoms with Crippen LogP contribution in [0.3, 0.4) is 0 Å². The number of nitrogens with one attached hydrogen (secondary N) is 1. The van der Waals surface area contributed by atoms with E-state index in [0.29, 0.717) is 30.1 Å². The number of anilines is 1.